The van der Waals surface area contributed by atoms with Crippen LogP contribution in [0.2, 0.25) is 0 Å². The standard InChI is InChI=1S/C25H22F6N4O4/c1-33-20-19(21(36)34(23(33)37)11-4-12-38-2)35(14-15-7-9-16(10-8-15)24(26,27)28)22(32-20)39-18-6-3-5-17(13-18)25(29,30)31/h3,5-10,13H,4,11-12,14H2,1-2H3. The predicted octanol–water partition coefficient (Wildman–Crippen LogP) is 4.81. The maximum absolute atomic E-state index is 13.4. The van der Waals surface area contributed by atoms with Gasteiger partial charge in [-0.2, -0.15) is 31.3 Å². The molecular formula is C25H22F6N4O4. The highest BCUT2D eigenvalue weighted by Gasteiger charge is 2.32. The summed E-state index contributed by atoms with van der Waals surface area (Å²) in [6.45, 7) is 0.0430. The molecule has 0 fully saturated rings. The van der Waals surface area contributed by atoms with Gasteiger partial charge in [0.05, 0.1) is 17.7 Å². The fraction of sp³-hybridized carbons (Fsp3) is 0.320. The number of aromatic nitrogens is 4. The van der Waals surface area contributed by atoms with E-state index in [1.54, 1.807) is 0 Å². The molecular weight excluding hydrogens is 534 g/mol. The Balaban J connectivity index is 1.88. The molecule has 8 nitrogen and oxygen atoms in total. The number of ether oxygens (including phenoxy) is 2. The Kier molecular flexibility index (Phi) is 7.59. The van der Waals surface area contributed by atoms with Gasteiger partial charge in [0.2, 0.25) is 0 Å². The number of benzene rings is 2. The second-order valence-electron chi connectivity index (χ2n) is 8.62. The Hall–Kier alpha value is -4.07. The minimum Gasteiger partial charge on any atom is -0.425 e. The van der Waals surface area contributed by atoms with E-state index in [4.69, 9.17) is 9.47 Å². The van der Waals surface area contributed by atoms with Gasteiger partial charge in [0, 0.05) is 27.3 Å². The Morgan fingerprint density at radius 1 is 0.897 bits per heavy atom. The first-order valence-electron chi connectivity index (χ1n) is 11.5. The normalized spacial score (nSPS) is 12.3. The molecule has 14 heteroatoms. The Bertz CT molecular complexity index is 1600. The van der Waals surface area contributed by atoms with E-state index < -0.39 is 34.7 Å². The van der Waals surface area contributed by atoms with Crippen molar-refractivity contribution in [2.45, 2.75) is 31.9 Å². The molecule has 0 aliphatic carbocycles. The highest BCUT2D eigenvalue weighted by Crippen LogP contribution is 2.33. The van der Waals surface area contributed by atoms with E-state index in [0.29, 0.717) is 12.0 Å². The largest absolute Gasteiger partial charge is 0.425 e. The number of hydrogen-bond donors (Lipinski definition) is 0. The minimum absolute atomic E-state index is 0.00453. The van der Waals surface area contributed by atoms with Crippen LogP contribution in [0.3, 0.4) is 0 Å². The van der Waals surface area contributed by atoms with Crippen molar-refractivity contribution >= 4 is 11.2 Å². The van der Waals surface area contributed by atoms with Crippen LogP contribution in [-0.2, 0) is 37.2 Å². The third kappa shape index (κ3) is 5.85. The first-order chi connectivity index (χ1) is 18.3. The van der Waals surface area contributed by atoms with Crippen LogP contribution in [0.5, 0.6) is 11.8 Å². The molecule has 2 aromatic heterocycles. The summed E-state index contributed by atoms with van der Waals surface area (Å²) in [5, 5.41) is 0. The van der Waals surface area contributed by atoms with Crippen molar-refractivity contribution in [3.8, 4) is 11.8 Å². The molecule has 0 saturated heterocycles. The van der Waals surface area contributed by atoms with Crippen LogP contribution < -0.4 is 16.0 Å². The summed E-state index contributed by atoms with van der Waals surface area (Å²) in [5.74, 6) is -0.251. The van der Waals surface area contributed by atoms with Gasteiger partial charge >= 0.3 is 24.1 Å². The maximum Gasteiger partial charge on any atom is 0.416 e. The number of imidazole rings is 1. The molecule has 208 valence electrons. The van der Waals surface area contributed by atoms with E-state index in [9.17, 15) is 35.9 Å². The van der Waals surface area contributed by atoms with Crippen LogP contribution in [0.15, 0.2) is 58.1 Å². The van der Waals surface area contributed by atoms with E-state index in [2.05, 4.69) is 4.98 Å². The maximum atomic E-state index is 13.4. The molecule has 0 spiro atoms. The quantitative estimate of drug-likeness (QED) is 0.230. The van der Waals surface area contributed by atoms with Crippen molar-refractivity contribution in [1.82, 2.24) is 18.7 Å². The van der Waals surface area contributed by atoms with E-state index in [1.807, 2.05) is 0 Å². The van der Waals surface area contributed by atoms with Crippen molar-refractivity contribution < 1.29 is 35.8 Å². The van der Waals surface area contributed by atoms with Gasteiger partial charge in [-0.05, 0) is 42.3 Å². The van der Waals surface area contributed by atoms with Crippen LogP contribution in [0.25, 0.3) is 11.2 Å². The fourth-order valence-corrected chi connectivity index (χ4v) is 3.96. The molecule has 0 aliphatic rings. The van der Waals surface area contributed by atoms with Gasteiger partial charge in [-0.25, -0.2) is 4.79 Å². The summed E-state index contributed by atoms with van der Waals surface area (Å²) in [5.41, 5.74) is -3.21. The van der Waals surface area contributed by atoms with Crippen LogP contribution in [0, 0.1) is 0 Å². The highest BCUT2D eigenvalue weighted by molar-refractivity contribution is 5.72. The number of nitrogens with zero attached hydrogens (tertiary/aromatic N) is 4. The molecule has 2 heterocycles. The zero-order valence-electron chi connectivity index (χ0n) is 20.6. The number of methoxy groups -OCH3 is 1. The summed E-state index contributed by atoms with van der Waals surface area (Å²) in [7, 11) is 2.82. The molecule has 0 unspecified atom stereocenters. The molecule has 2 aromatic carbocycles. The van der Waals surface area contributed by atoms with Gasteiger partial charge in [0.25, 0.3) is 5.56 Å². The van der Waals surface area contributed by atoms with Crippen molar-refractivity contribution in [3.63, 3.8) is 0 Å². The van der Waals surface area contributed by atoms with E-state index in [0.717, 1.165) is 39.5 Å². The van der Waals surface area contributed by atoms with Crippen molar-refractivity contribution in [1.29, 1.82) is 0 Å². The van der Waals surface area contributed by atoms with Gasteiger partial charge in [0.1, 0.15) is 5.75 Å². The van der Waals surface area contributed by atoms with Crippen LogP contribution in [0.4, 0.5) is 26.3 Å². The van der Waals surface area contributed by atoms with Gasteiger partial charge in [-0.3, -0.25) is 18.5 Å². The molecule has 0 saturated carbocycles. The number of hydrogen-bond acceptors (Lipinski definition) is 5. The average molecular weight is 556 g/mol. The fourth-order valence-electron chi connectivity index (χ4n) is 3.96. The van der Waals surface area contributed by atoms with E-state index >= 15 is 0 Å². The first-order valence-corrected chi connectivity index (χ1v) is 11.5. The summed E-state index contributed by atoms with van der Waals surface area (Å²) in [6.07, 6.45) is -8.89. The highest BCUT2D eigenvalue weighted by atomic mass is 19.4. The average Bonchev–Trinajstić information content (AvgIpc) is 3.22. The van der Waals surface area contributed by atoms with Gasteiger partial charge < -0.3 is 9.47 Å². The lowest BCUT2D eigenvalue weighted by Crippen LogP contribution is -2.40. The number of fused-ring (bicyclic) bond motifs is 1. The molecule has 0 N–H and O–H groups in total. The number of aryl methyl sites for hydroxylation is 1. The third-order valence-electron chi connectivity index (χ3n) is 5.92. The van der Waals surface area contributed by atoms with Crippen molar-refractivity contribution in [2.24, 2.45) is 7.05 Å². The number of rotatable bonds is 8. The van der Waals surface area contributed by atoms with Crippen molar-refractivity contribution in [2.75, 3.05) is 13.7 Å². The minimum atomic E-state index is -4.65. The molecule has 4 aromatic rings. The zero-order valence-corrected chi connectivity index (χ0v) is 20.6. The molecule has 0 bridgehead atoms. The third-order valence-corrected chi connectivity index (χ3v) is 5.92. The number of halogens is 6. The molecule has 39 heavy (non-hydrogen) atoms. The molecule has 0 amide bonds. The first kappa shape index (κ1) is 28.0. The summed E-state index contributed by atoms with van der Waals surface area (Å²) in [6, 6.07) is 7.75. The Labute approximate surface area is 216 Å². The van der Waals surface area contributed by atoms with Gasteiger partial charge in [-0.15, -0.1) is 0 Å². The SMILES string of the molecule is COCCCn1c(=O)c2c(nc(Oc3cccc(C(F)(F)F)c3)n2Cc2ccc(C(F)(F)F)cc2)n(C)c1=O. The molecule has 0 radical (unpaired) electrons. The van der Waals surface area contributed by atoms with E-state index in [1.165, 1.54) is 36.9 Å². The van der Waals surface area contributed by atoms with Gasteiger partial charge in [0.15, 0.2) is 11.2 Å². The smallest absolute Gasteiger partial charge is 0.416 e. The Morgan fingerprint density at radius 3 is 2.18 bits per heavy atom. The van der Waals surface area contributed by atoms with Crippen LogP contribution >= 0.6 is 0 Å². The topological polar surface area (TPSA) is 80.3 Å². The molecule has 4 rings (SSSR count). The van der Waals surface area contributed by atoms with Crippen molar-refractivity contribution in [3.05, 3.63) is 86.1 Å². The second kappa shape index (κ2) is 10.6. The second-order valence-corrected chi connectivity index (χ2v) is 8.62. The van der Waals surface area contributed by atoms with Gasteiger partial charge in [-0.1, -0.05) is 18.2 Å². The lowest BCUT2D eigenvalue weighted by Gasteiger charge is -2.13. The van der Waals surface area contributed by atoms with E-state index in [-0.39, 0.29) is 42.6 Å². The zero-order chi connectivity index (χ0) is 28.5. The summed E-state index contributed by atoms with van der Waals surface area (Å²) < 4.78 is 92.7. The van der Waals surface area contributed by atoms with Crippen LogP contribution in [-0.4, -0.2) is 32.4 Å². The summed E-state index contributed by atoms with van der Waals surface area (Å²) in [4.78, 5) is 30.5. The molecule has 0 aliphatic heterocycles. The lowest BCUT2D eigenvalue weighted by atomic mass is 10.1. The van der Waals surface area contributed by atoms with Crippen LogP contribution in [0.1, 0.15) is 23.1 Å². The summed E-state index contributed by atoms with van der Waals surface area (Å²) >= 11 is 0. The predicted molar refractivity (Wildman–Crippen MR) is 128 cm³/mol. The monoisotopic (exact) mass is 556 g/mol. The molecule has 0 atom stereocenters. The Morgan fingerprint density at radius 2 is 1.56 bits per heavy atom. The number of alkyl halides is 6. The lowest BCUT2D eigenvalue weighted by molar-refractivity contribution is -0.138.